The molecule has 3 rings (SSSR count). The molecular formula is C22H30N6O3S. The maximum atomic E-state index is 12.7. The molecule has 0 saturated carbocycles. The van der Waals surface area contributed by atoms with Crippen LogP contribution >= 0.6 is 11.8 Å². The third kappa shape index (κ3) is 5.61. The third-order valence-electron chi connectivity index (χ3n) is 4.50. The Balaban J connectivity index is 1.71. The molecule has 0 saturated heterocycles. The molecule has 2 heterocycles. The highest BCUT2D eigenvalue weighted by atomic mass is 32.2. The normalized spacial score (nSPS) is 11.1. The predicted molar refractivity (Wildman–Crippen MR) is 127 cm³/mol. The van der Waals surface area contributed by atoms with Crippen molar-refractivity contribution in [1.82, 2.24) is 25.1 Å². The summed E-state index contributed by atoms with van der Waals surface area (Å²) in [6.45, 7) is 9.82. The molecule has 2 N–H and O–H groups in total. The third-order valence-corrected chi connectivity index (χ3v) is 5.05. The van der Waals surface area contributed by atoms with Crippen LogP contribution in [0.1, 0.15) is 38.1 Å². The minimum atomic E-state index is -0.188. The van der Waals surface area contributed by atoms with Gasteiger partial charge in [-0.1, -0.05) is 11.8 Å². The van der Waals surface area contributed by atoms with E-state index in [9.17, 15) is 4.79 Å². The monoisotopic (exact) mass is 458 g/mol. The topological polar surface area (TPSA) is 103 Å². The second kappa shape index (κ2) is 11.0. The first kappa shape index (κ1) is 23.6. The van der Waals surface area contributed by atoms with Gasteiger partial charge in [0.05, 0.1) is 31.3 Å². The van der Waals surface area contributed by atoms with Crippen LogP contribution in [0.15, 0.2) is 29.6 Å². The summed E-state index contributed by atoms with van der Waals surface area (Å²) in [5.41, 5.74) is 1.25. The molecule has 1 amide bonds. The molecule has 0 unspecified atom stereocenters. The maximum Gasteiger partial charge on any atom is 0.251 e. The summed E-state index contributed by atoms with van der Waals surface area (Å²) in [4.78, 5) is 21.8. The first-order chi connectivity index (χ1) is 15.5. The van der Waals surface area contributed by atoms with Crippen molar-refractivity contribution < 1.29 is 14.3 Å². The number of nitrogens with zero attached hydrogens (tertiary/aromatic N) is 4. The molecule has 0 aliphatic heterocycles. The van der Waals surface area contributed by atoms with Gasteiger partial charge in [-0.15, -0.1) is 0 Å². The Labute approximate surface area is 192 Å². The molecule has 0 bridgehead atoms. The molecule has 9 nitrogen and oxygen atoms in total. The highest BCUT2D eigenvalue weighted by molar-refractivity contribution is 7.98. The smallest absolute Gasteiger partial charge is 0.251 e. The van der Waals surface area contributed by atoms with Gasteiger partial charge in [0.2, 0.25) is 0 Å². The van der Waals surface area contributed by atoms with Gasteiger partial charge < -0.3 is 20.1 Å². The predicted octanol–water partition coefficient (Wildman–Crippen LogP) is 3.60. The van der Waals surface area contributed by atoms with Crippen molar-refractivity contribution in [3.05, 3.63) is 30.0 Å². The molecule has 0 atom stereocenters. The molecule has 10 heteroatoms. The van der Waals surface area contributed by atoms with E-state index < -0.39 is 0 Å². The second-order valence-electron chi connectivity index (χ2n) is 7.25. The largest absolute Gasteiger partial charge is 0.490 e. The van der Waals surface area contributed by atoms with Crippen LogP contribution in [-0.4, -0.2) is 57.7 Å². The Bertz CT molecular complexity index is 1070. The summed E-state index contributed by atoms with van der Waals surface area (Å²) < 4.78 is 13.0. The number of hydrogen-bond acceptors (Lipinski definition) is 8. The Morgan fingerprint density at radius 2 is 1.91 bits per heavy atom. The van der Waals surface area contributed by atoms with Crippen molar-refractivity contribution in [2.75, 3.05) is 31.3 Å². The fraction of sp³-hybridized carbons (Fsp3) is 0.455. The van der Waals surface area contributed by atoms with E-state index in [0.717, 1.165) is 16.9 Å². The molecule has 0 fully saturated rings. The van der Waals surface area contributed by atoms with Crippen molar-refractivity contribution in [2.45, 2.75) is 45.4 Å². The van der Waals surface area contributed by atoms with Crippen molar-refractivity contribution in [3.63, 3.8) is 0 Å². The van der Waals surface area contributed by atoms with Gasteiger partial charge in [0.15, 0.2) is 22.3 Å². The highest BCUT2D eigenvalue weighted by Gasteiger charge is 2.15. The minimum absolute atomic E-state index is 0.188. The lowest BCUT2D eigenvalue weighted by atomic mass is 10.2. The fourth-order valence-corrected chi connectivity index (χ4v) is 3.50. The second-order valence-corrected chi connectivity index (χ2v) is 8.02. The lowest BCUT2D eigenvalue weighted by Crippen LogP contribution is -2.27. The summed E-state index contributed by atoms with van der Waals surface area (Å²) in [5, 5.41) is 12.3. The van der Waals surface area contributed by atoms with E-state index in [2.05, 4.69) is 39.5 Å². The number of benzene rings is 1. The number of hydrogen-bond donors (Lipinski definition) is 2. The van der Waals surface area contributed by atoms with E-state index in [0.29, 0.717) is 48.5 Å². The Hall–Kier alpha value is -3.01. The molecule has 3 aromatic rings. The summed E-state index contributed by atoms with van der Waals surface area (Å²) in [6.07, 6.45) is 3.70. The molecule has 0 radical (unpaired) electrons. The standard InChI is InChI=1S/C22H30N6O3S/c1-6-30-17-9-8-15(12-18(17)31-7-2)21(29)23-10-11-28-20-16(13-24-28)19(25-14(3)4)26-22(27-20)32-5/h8-9,12-14H,6-7,10-11H2,1-5H3,(H,23,29)(H,25,26,27). The van der Waals surface area contributed by atoms with E-state index in [4.69, 9.17) is 9.47 Å². The van der Waals surface area contributed by atoms with Gasteiger partial charge >= 0.3 is 0 Å². The van der Waals surface area contributed by atoms with Gasteiger partial charge in [0.1, 0.15) is 5.82 Å². The van der Waals surface area contributed by atoms with E-state index in [1.54, 1.807) is 29.1 Å². The first-order valence-electron chi connectivity index (χ1n) is 10.7. The summed E-state index contributed by atoms with van der Waals surface area (Å²) >= 11 is 1.48. The Kier molecular flexibility index (Phi) is 8.15. The maximum absolute atomic E-state index is 12.7. The van der Waals surface area contributed by atoms with Gasteiger partial charge in [0, 0.05) is 18.2 Å². The molecule has 172 valence electrons. The molecular weight excluding hydrogens is 428 g/mol. The molecule has 0 aliphatic carbocycles. The highest BCUT2D eigenvalue weighted by Crippen LogP contribution is 2.28. The van der Waals surface area contributed by atoms with E-state index in [1.807, 2.05) is 20.1 Å². The number of fused-ring (bicyclic) bond motifs is 1. The number of nitrogens with one attached hydrogen (secondary N) is 2. The fourth-order valence-electron chi connectivity index (χ4n) is 3.14. The number of carbonyl (C=O) groups excluding carboxylic acids is 1. The zero-order valence-electron chi connectivity index (χ0n) is 19.1. The van der Waals surface area contributed by atoms with Crippen LogP contribution in [0.3, 0.4) is 0 Å². The number of carbonyl (C=O) groups is 1. The molecule has 32 heavy (non-hydrogen) atoms. The SMILES string of the molecule is CCOc1ccc(C(=O)NCCn2ncc3c(NC(C)C)nc(SC)nc32)cc1OCC. The van der Waals surface area contributed by atoms with Crippen molar-refractivity contribution in [3.8, 4) is 11.5 Å². The van der Waals surface area contributed by atoms with E-state index in [1.165, 1.54) is 11.8 Å². The average molecular weight is 459 g/mol. The van der Waals surface area contributed by atoms with Crippen LogP contribution in [0.25, 0.3) is 11.0 Å². The molecule has 0 spiro atoms. The number of aromatic nitrogens is 4. The number of ether oxygens (including phenoxy) is 2. The lowest BCUT2D eigenvalue weighted by Gasteiger charge is -2.13. The number of rotatable bonds is 11. The summed E-state index contributed by atoms with van der Waals surface area (Å²) in [7, 11) is 0. The van der Waals surface area contributed by atoms with Crippen molar-refractivity contribution in [1.29, 1.82) is 0 Å². The van der Waals surface area contributed by atoms with Gasteiger partial charge in [-0.25, -0.2) is 14.6 Å². The van der Waals surface area contributed by atoms with Crippen molar-refractivity contribution >= 4 is 34.5 Å². The molecule has 0 aliphatic rings. The van der Waals surface area contributed by atoms with E-state index >= 15 is 0 Å². The summed E-state index contributed by atoms with van der Waals surface area (Å²) in [6, 6.07) is 5.43. The van der Waals surface area contributed by atoms with Crippen LogP contribution in [0.5, 0.6) is 11.5 Å². The first-order valence-corrected chi connectivity index (χ1v) is 11.9. The van der Waals surface area contributed by atoms with Crippen LogP contribution in [0.2, 0.25) is 0 Å². The van der Waals surface area contributed by atoms with Gasteiger partial charge in [-0.05, 0) is 52.1 Å². The zero-order chi connectivity index (χ0) is 23.1. The van der Waals surface area contributed by atoms with Crippen LogP contribution in [0.4, 0.5) is 5.82 Å². The average Bonchev–Trinajstić information content (AvgIpc) is 3.18. The van der Waals surface area contributed by atoms with Gasteiger partial charge in [0.25, 0.3) is 5.91 Å². The number of amides is 1. The van der Waals surface area contributed by atoms with Crippen LogP contribution in [0, 0.1) is 0 Å². The number of thioether (sulfide) groups is 1. The minimum Gasteiger partial charge on any atom is -0.490 e. The van der Waals surface area contributed by atoms with Crippen LogP contribution in [-0.2, 0) is 6.54 Å². The quantitative estimate of drug-likeness (QED) is 0.332. The Morgan fingerprint density at radius 1 is 1.16 bits per heavy atom. The molecule has 2 aromatic heterocycles. The molecule has 1 aromatic carbocycles. The Morgan fingerprint density at radius 3 is 2.59 bits per heavy atom. The van der Waals surface area contributed by atoms with Gasteiger partial charge in [-0.2, -0.15) is 5.10 Å². The zero-order valence-corrected chi connectivity index (χ0v) is 20.0. The lowest BCUT2D eigenvalue weighted by molar-refractivity contribution is 0.0951. The van der Waals surface area contributed by atoms with Gasteiger partial charge in [-0.3, -0.25) is 4.79 Å². The number of anilines is 1. The summed E-state index contributed by atoms with van der Waals surface area (Å²) in [5.74, 6) is 1.77. The van der Waals surface area contributed by atoms with E-state index in [-0.39, 0.29) is 11.9 Å². The van der Waals surface area contributed by atoms with Crippen molar-refractivity contribution in [2.24, 2.45) is 0 Å². The van der Waals surface area contributed by atoms with Crippen LogP contribution < -0.4 is 20.1 Å².